The van der Waals surface area contributed by atoms with Crippen LogP contribution in [0.1, 0.15) is 75.3 Å². The molecule has 0 unspecified atom stereocenters. The van der Waals surface area contributed by atoms with E-state index in [1.807, 2.05) is 40.8 Å². The van der Waals surface area contributed by atoms with Crippen molar-refractivity contribution in [2.45, 2.75) is 64.5 Å². The van der Waals surface area contributed by atoms with Gasteiger partial charge in [-0.1, -0.05) is 35.9 Å². The molecule has 4 aromatic rings. The van der Waals surface area contributed by atoms with Crippen molar-refractivity contribution in [3.05, 3.63) is 81.5 Å². The van der Waals surface area contributed by atoms with Gasteiger partial charge in [0.25, 0.3) is 5.91 Å². The van der Waals surface area contributed by atoms with Crippen LogP contribution in [0.2, 0.25) is 0 Å². The largest absolute Gasteiger partial charge is 0.496 e. The Morgan fingerprint density at radius 3 is 2.73 bits per heavy atom. The number of ether oxygens (including phenoxy) is 1. The van der Waals surface area contributed by atoms with Gasteiger partial charge in [0.2, 0.25) is 0 Å². The summed E-state index contributed by atoms with van der Waals surface area (Å²) in [5, 5.41) is 18.7. The molecular weight excluding hydrogens is 506 g/mol. The van der Waals surface area contributed by atoms with Gasteiger partial charge in [0.15, 0.2) is 5.65 Å². The van der Waals surface area contributed by atoms with Crippen LogP contribution in [0.25, 0.3) is 11.2 Å². The van der Waals surface area contributed by atoms with Crippen LogP contribution in [0, 0.1) is 6.92 Å². The second-order valence-electron chi connectivity index (χ2n) is 10.8. The van der Waals surface area contributed by atoms with Gasteiger partial charge in [-0.3, -0.25) is 9.59 Å². The number of benzene rings is 2. The molecule has 1 N–H and O–H groups in total. The molecule has 0 radical (unpaired) electrons. The second kappa shape index (κ2) is 10.7. The molecule has 9 heteroatoms. The Morgan fingerprint density at radius 1 is 1.05 bits per heavy atom. The van der Waals surface area contributed by atoms with Crippen LogP contribution in [0.15, 0.2) is 42.6 Å². The first kappa shape index (κ1) is 26.0. The minimum absolute atomic E-state index is 0.0262. The number of methoxy groups -OCH3 is 1. The first-order valence-electron chi connectivity index (χ1n) is 13.9. The van der Waals surface area contributed by atoms with Crippen LogP contribution >= 0.6 is 0 Å². The molecular formula is C31H33N5O4. The van der Waals surface area contributed by atoms with Crippen LogP contribution in [0.4, 0.5) is 0 Å². The third-order valence-electron chi connectivity index (χ3n) is 8.36. The molecule has 9 nitrogen and oxygen atoms in total. The van der Waals surface area contributed by atoms with Crippen molar-refractivity contribution >= 4 is 23.0 Å². The summed E-state index contributed by atoms with van der Waals surface area (Å²) in [5.74, 6) is -0.570. The van der Waals surface area contributed by atoms with Crippen molar-refractivity contribution in [3.8, 4) is 5.75 Å². The molecule has 2 aromatic heterocycles. The van der Waals surface area contributed by atoms with Gasteiger partial charge in [-0.05, 0) is 78.1 Å². The van der Waals surface area contributed by atoms with E-state index in [1.54, 1.807) is 13.3 Å². The van der Waals surface area contributed by atoms with Crippen molar-refractivity contribution < 1.29 is 19.4 Å². The summed E-state index contributed by atoms with van der Waals surface area (Å²) in [4.78, 5) is 32.2. The summed E-state index contributed by atoms with van der Waals surface area (Å²) in [6.07, 6.45) is 6.22. The lowest BCUT2D eigenvalue weighted by molar-refractivity contribution is -0.137. The topological polar surface area (TPSA) is 110 Å². The number of carboxylic acid groups (broad SMARTS) is 1. The SMILES string of the molecule is COc1cc2ccc1CCCCCn1nnc3c(C)c(cnc31)[C@H](CC(=O)O)c1ccc3c(c1)CN(CC3)C2=O. The van der Waals surface area contributed by atoms with Gasteiger partial charge in [-0.2, -0.15) is 0 Å². The molecule has 1 atom stereocenters. The maximum atomic E-state index is 13.6. The average molecular weight is 540 g/mol. The number of aromatic nitrogens is 4. The Kier molecular flexibility index (Phi) is 6.96. The highest BCUT2D eigenvalue weighted by molar-refractivity contribution is 5.95. The van der Waals surface area contributed by atoms with E-state index in [-0.39, 0.29) is 12.3 Å². The highest BCUT2D eigenvalue weighted by Gasteiger charge is 2.27. The number of carboxylic acids is 1. The van der Waals surface area contributed by atoms with E-state index < -0.39 is 11.9 Å². The standard InChI is InChI=1S/C31H33N5O4/c1-19-26-17-32-30-29(19)33-34-36(30)12-5-3-4-6-21-8-10-23(15-27(21)40-2)31(39)35-13-11-20-7-9-22(14-24(20)18-35)25(26)16-28(37)38/h7-10,14-15,17,25H,3-6,11-13,16,18H2,1-2H3,(H,37,38)/t25-/m1/s1. The zero-order valence-corrected chi connectivity index (χ0v) is 22.9. The number of amides is 1. The summed E-state index contributed by atoms with van der Waals surface area (Å²) in [6.45, 7) is 3.77. The maximum Gasteiger partial charge on any atom is 0.304 e. The van der Waals surface area contributed by atoms with Crippen molar-refractivity contribution in [2.24, 2.45) is 0 Å². The van der Waals surface area contributed by atoms with Crippen molar-refractivity contribution in [2.75, 3.05) is 13.7 Å². The fourth-order valence-electron chi connectivity index (χ4n) is 6.11. The normalized spacial score (nSPS) is 17.5. The molecule has 40 heavy (non-hydrogen) atoms. The summed E-state index contributed by atoms with van der Waals surface area (Å²) in [7, 11) is 1.65. The Hall–Kier alpha value is -4.27. The maximum absolute atomic E-state index is 13.6. The predicted octanol–water partition coefficient (Wildman–Crippen LogP) is 4.67. The Morgan fingerprint density at radius 2 is 1.90 bits per heavy atom. The first-order chi connectivity index (χ1) is 19.4. The third-order valence-corrected chi connectivity index (χ3v) is 8.36. The summed E-state index contributed by atoms with van der Waals surface area (Å²) in [5.41, 5.74) is 7.99. The summed E-state index contributed by atoms with van der Waals surface area (Å²) < 4.78 is 7.52. The molecule has 206 valence electrons. The number of nitrogens with zero attached hydrogens (tertiary/aromatic N) is 5. The number of hydrogen-bond acceptors (Lipinski definition) is 6. The minimum Gasteiger partial charge on any atom is -0.496 e. The van der Waals surface area contributed by atoms with Gasteiger partial charge in [-0.15, -0.1) is 5.10 Å². The van der Waals surface area contributed by atoms with Gasteiger partial charge in [0, 0.05) is 37.3 Å². The number of rotatable bonds is 3. The monoisotopic (exact) mass is 539 g/mol. The fraction of sp³-hybridized carbons (Fsp3) is 0.387. The number of hydrogen-bond donors (Lipinski definition) is 1. The molecule has 9 bridgehead atoms. The molecule has 0 saturated carbocycles. The van der Waals surface area contributed by atoms with E-state index in [4.69, 9.17) is 9.72 Å². The van der Waals surface area contributed by atoms with Crippen molar-refractivity contribution in [1.29, 1.82) is 0 Å². The fourth-order valence-corrected chi connectivity index (χ4v) is 6.11. The highest BCUT2D eigenvalue weighted by atomic mass is 16.5. The van der Waals surface area contributed by atoms with E-state index in [0.717, 1.165) is 71.3 Å². The molecule has 2 aromatic carbocycles. The first-order valence-corrected chi connectivity index (χ1v) is 13.9. The van der Waals surface area contributed by atoms with E-state index in [1.165, 1.54) is 5.56 Å². The van der Waals surface area contributed by atoms with Crippen LogP contribution in [0.5, 0.6) is 5.75 Å². The lowest BCUT2D eigenvalue weighted by atomic mass is 9.84. The van der Waals surface area contributed by atoms with E-state index in [9.17, 15) is 14.7 Å². The molecule has 1 amide bonds. The molecule has 5 aliphatic rings. The zero-order valence-electron chi connectivity index (χ0n) is 22.9. The molecule has 0 spiro atoms. The van der Waals surface area contributed by atoms with Crippen molar-refractivity contribution in [1.82, 2.24) is 24.9 Å². The quantitative estimate of drug-likeness (QED) is 0.403. The van der Waals surface area contributed by atoms with E-state index in [0.29, 0.717) is 30.7 Å². The van der Waals surface area contributed by atoms with Gasteiger partial charge < -0.3 is 14.7 Å². The smallest absolute Gasteiger partial charge is 0.304 e. The molecule has 0 aliphatic carbocycles. The lowest BCUT2D eigenvalue weighted by Crippen LogP contribution is -2.36. The lowest BCUT2D eigenvalue weighted by Gasteiger charge is -2.30. The molecule has 0 fully saturated rings. The number of aryl methyl sites for hydroxylation is 3. The van der Waals surface area contributed by atoms with E-state index >= 15 is 0 Å². The van der Waals surface area contributed by atoms with Crippen LogP contribution < -0.4 is 4.74 Å². The van der Waals surface area contributed by atoms with Gasteiger partial charge in [0.1, 0.15) is 11.3 Å². The molecule has 9 rings (SSSR count). The Labute approximate surface area is 232 Å². The van der Waals surface area contributed by atoms with Gasteiger partial charge in [-0.25, -0.2) is 9.67 Å². The average Bonchev–Trinajstić information content (AvgIpc) is 3.38. The Bertz CT molecular complexity index is 1610. The van der Waals surface area contributed by atoms with E-state index in [2.05, 4.69) is 22.4 Å². The van der Waals surface area contributed by atoms with Gasteiger partial charge in [0.05, 0.1) is 13.5 Å². The number of aliphatic carboxylic acids is 1. The second-order valence-corrected chi connectivity index (χ2v) is 10.8. The summed E-state index contributed by atoms with van der Waals surface area (Å²) >= 11 is 0. The zero-order chi connectivity index (χ0) is 27.8. The van der Waals surface area contributed by atoms with Crippen molar-refractivity contribution in [3.63, 3.8) is 0 Å². The van der Waals surface area contributed by atoms with Crippen LogP contribution in [-0.4, -0.2) is 55.5 Å². The summed E-state index contributed by atoms with van der Waals surface area (Å²) in [6, 6.07) is 11.9. The van der Waals surface area contributed by atoms with Crippen LogP contribution in [-0.2, 0) is 30.7 Å². The molecule has 0 saturated heterocycles. The predicted molar refractivity (Wildman–Crippen MR) is 150 cm³/mol. The molecule has 5 aliphatic heterocycles. The number of carbonyl (C=O) groups is 2. The van der Waals surface area contributed by atoms with Gasteiger partial charge >= 0.3 is 5.97 Å². The number of carbonyl (C=O) groups excluding carboxylic acids is 1. The third kappa shape index (κ3) is 4.80. The molecule has 7 heterocycles. The minimum atomic E-state index is -0.884. The highest BCUT2D eigenvalue weighted by Crippen LogP contribution is 2.35. The van der Waals surface area contributed by atoms with Crippen LogP contribution in [0.3, 0.4) is 0 Å². The Balaban J connectivity index is 1.45. The number of pyridine rings is 1.